The van der Waals surface area contributed by atoms with Crippen LogP contribution in [0.5, 0.6) is 0 Å². The van der Waals surface area contributed by atoms with Crippen LogP contribution in [0.15, 0.2) is 42.6 Å². The number of aliphatic hydroxyl groups is 1. The first-order valence-electron chi connectivity index (χ1n) is 10.9. The number of hydrogen-bond acceptors (Lipinski definition) is 5. The second-order valence-corrected chi connectivity index (χ2v) is 8.56. The van der Waals surface area contributed by atoms with Gasteiger partial charge >= 0.3 is 0 Å². The van der Waals surface area contributed by atoms with Gasteiger partial charge in [-0.05, 0) is 61.6 Å². The predicted molar refractivity (Wildman–Crippen MR) is 121 cm³/mol. The Hall–Kier alpha value is -3.39. The monoisotopic (exact) mass is 452 g/mol. The van der Waals surface area contributed by atoms with E-state index in [0.29, 0.717) is 28.9 Å². The number of benzene rings is 2. The summed E-state index contributed by atoms with van der Waals surface area (Å²) in [6.45, 7) is 1.83. The number of nitrogen functional groups attached to an aromatic ring is 1. The second-order valence-electron chi connectivity index (χ2n) is 8.56. The molecule has 0 bridgehead atoms. The van der Waals surface area contributed by atoms with Crippen molar-refractivity contribution in [1.29, 1.82) is 0 Å². The van der Waals surface area contributed by atoms with E-state index in [4.69, 9.17) is 5.73 Å². The Kier molecular flexibility index (Phi) is 6.65. The molecule has 172 valence electrons. The SMILES string of the molecule is Cc1cc(F)cc(CNC(=O)c2ccc(-c3nc(C4CCCC(O)C4)cnc3N)cc2F)c1. The maximum atomic E-state index is 14.8. The van der Waals surface area contributed by atoms with Gasteiger partial charge < -0.3 is 16.2 Å². The number of rotatable bonds is 5. The van der Waals surface area contributed by atoms with E-state index in [0.717, 1.165) is 24.8 Å². The smallest absolute Gasteiger partial charge is 0.254 e. The van der Waals surface area contributed by atoms with Crippen LogP contribution in [0.3, 0.4) is 0 Å². The molecule has 8 heteroatoms. The Bertz CT molecular complexity index is 1160. The molecule has 2 atom stereocenters. The first-order valence-corrected chi connectivity index (χ1v) is 10.9. The molecule has 0 spiro atoms. The van der Waals surface area contributed by atoms with Gasteiger partial charge in [0.2, 0.25) is 0 Å². The maximum absolute atomic E-state index is 14.8. The van der Waals surface area contributed by atoms with Gasteiger partial charge in [0.1, 0.15) is 23.1 Å². The fourth-order valence-electron chi connectivity index (χ4n) is 4.29. The van der Waals surface area contributed by atoms with Crippen LogP contribution in [0, 0.1) is 18.6 Å². The molecule has 4 N–H and O–H groups in total. The van der Waals surface area contributed by atoms with Crippen LogP contribution in [0.4, 0.5) is 14.6 Å². The fourth-order valence-corrected chi connectivity index (χ4v) is 4.29. The number of aromatic nitrogens is 2. The highest BCUT2D eigenvalue weighted by Crippen LogP contribution is 2.34. The van der Waals surface area contributed by atoms with E-state index < -0.39 is 17.5 Å². The predicted octanol–water partition coefficient (Wildman–Crippen LogP) is 4.26. The number of aryl methyl sites for hydroxylation is 1. The molecule has 0 aliphatic heterocycles. The first kappa shape index (κ1) is 22.8. The second kappa shape index (κ2) is 9.62. The molecule has 1 aliphatic rings. The largest absolute Gasteiger partial charge is 0.393 e. The number of hydrogen-bond donors (Lipinski definition) is 3. The van der Waals surface area contributed by atoms with Gasteiger partial charge in [-0.1, -0.05) is 18.6 Å². The van der Waals surface area contributed by atoms with Crippen LogP contribution >= 0.6 is 0 Å². The van der Waals surface area contributed by atoms with Crippen molar-refractivity contribution in [3.05, 3.63) is 76.6 Å². The highest BCUT2D eigenvalue weighted by molar-refractivity contribution is 5.95. The maximum Gasteiger partial charge on any atom is 0.254 e. The lowest BCUT2D eigenvalue weighted by molar-refractivity contribution is 0.0946. The molecule has 1 amide bonds. The van der Waals surface area contributed by atoms with E-state index in [1.54, 1.807) is 25.3 Å². The average molecular weight is 453 g/mol. The molecule has 0 radical (unpaired) electrons. The zero-order valence-electron chi connectivity index (χ0n) is 18.3. The summed E-state index contributed by atoms with van der Waals surface area (Å²) < 4.78 is 28.4. The number of aliphatic hydroxyl groups excluding tert-OH is 1. The molecule has 1 heterocycles. The summed E-state index contributed by atoms with van der Waals surface area (Å²) in [5.74, 6) is -1.49. The third-order valence-corrected chi connectivity index (χ3v) is 5.93. The van der Waals surface area contributed by atoms with Crippen molar-refractivity contribution in [3.63, 3.8) is 0 Å². The Morgan fingerprint density at radius 2 is 2.03 bits per heavy atom. The molecular formula is C25H26F2N4O2. The number of halogens is 2. The fraction of sp³-hybridized carbons (Fsp3) is 0.320. The molecule has 1 fully saturated rings. The molecule has 1 aromatic heterocycles. The van der Waals surface area contributed by atoms with Crippen molar-refractivity contribution < 1.29 is 18.7 Å². The number of carbonyl (C=O) groups is 1. The van der Waals surface area contributed by atoms with Crippen molar-refractivity contribution in [2.75, 3.05) is 5.73 Å². The number of nitrogens with one attached hydrogen (secondary N) is 1. The van der Waals surface area contributed by atoms with E-state index in [1.807, 2.05) is 0 Å². The first-order chi connectivity index (χ1) is 15.8. The molecule has 3 aromatic rings. The molecule has 2 unspecified atom stereocenters. The average Bonchev–Trinajstić information content (AvgIpc) is 2.77. The van der Waals surface area contributed by atoms with Crippen LogP contribution in [0.2, 0.25) is 0 Å². The number of amides is 1. The van der Waals surface area contributed by atoms with Crippen molar-refractivity contribution in [3.8, 4) is 11.3 Å². The quantitative estimate of drug-likeness (QED) is 0.537. The Morgan fingerprint density at radius 1 is 1.21 bits per heavy atom. The van der Waals surface area contributed by atoms with Crippen molar-refractivity contribution in [1.82, 2.24) is 15.3 Å². The summed E-state index contributed by atoms with van der Waals surface area (Å²) >= 11 is 0. The van der Waals surface area contributed by atoms with Crippen molar-refractivity contribution >= 4 is 11.7 Å². The minimum Gasteiger partial charge on any atom is -0.393 e. The third-order valence-electron chi connectivity index (χ3n) is 5.93. The summed E-state index contributed by atoms with van der Waals surface area (Å²) in [7, 11) is 0. The zero-order chi connectivity index (χ0) is 23.5. The van der Waals surface area contributed by atoms with Crippen LogP contribution in [0.25, 0.3) is 11.3 Å². The van der Waals surface area contributed by atoms with Gasteiger partial charge in [0.25, 0.3) is 5.91 Å². The number of nitrogens with zero attached hydrogens (tertiary/aromatic N) is 2. The van der Waals surface area contributed by atoms with Crippen molar-refractivity contribution in [2.45, 2.75) is 51.2 Å². The van der Waals surface area contributed by atoms with Gasteiger partial charge in [0, 0.05) is 18.0 Å². The standard InChI is InChI=1S/C25H26F2N4O2/c1-14-7-15(9-18(26)8-14)12-30-25(33)20-6-5-17(11-21(20)27)23-24(28)29-13-22(31-23)16-3-2-4-19(32)10-16/h5-9,11,13,16,19,32H,2-4,10,12H2,1H3,(H2,28,29)(H,30,33). The van der Waals surface area contributed by atoms with E-state index >= 15 is 0 Å². The number of nitrogens with two attached hydrogens (primary N) is 1. The lowest BCUT2D eigenvalue weighted by Crippen LogP contribution is -2.24. The normalized spacial score (nSPS) is 18.2. The molecule has 33 heavy (non-hydrogen) atoms. The molecular weight excluding hydrogens is 426 g/mol. The van der Waals surface area contributed by atoms with Gasteiger partial charge in [-0.3, -0.25) is 4.79 Å². The number of anilines is 1. The van der Waals surface area contributed by atoms with E-state index in [9.17, 15) is 18.7 Å². The summed E-state index contributed by atoms with van der Waals surface area (Å²) in [6, 6.07) is 8.62. The highest BCUT2D eigenvalue weighted by atomic mass is 19.1. The van der Waals surface area contributed by atoms with E-state index in [1.165, 1.54) is 24.3 Å². The lowest BCUT2D eigenvalue weighted by atomic mass is 9.85. The van der Waals surface area contributed by atoms with Crippen molar-refractivity contribution in [2.24, 2.45) is 0 Å². The zero-order valence-corrected chi connectivity index (χ0v) is 18.3. The van der Waals surface area contributed by atoms with Crippen LogP contribution in [-0.2, 0) is 6.54 Å². The molecule has 2 aromatic carbocycles. The summed E-state index contributed by atoms with van der Waals surface area (Å²) in [5.41, 5.74) is 8.66. The minimum absolute atomic E-state index is 0.0713. The summed E-state index contributed by atoms with van der Waals surface area (Å²) in [5, 5.41) is 12.6. The van der Waals surface area contributed by atoms with Gasteiger partial charge in [-0.25, -0.2) is 18.7 Å². The summed E-state index contributed by atoms with van der Waals surface area (Å²) in [4.78, 5) is 21.3. The third kappa shape index (κ3) is 5.34. The summed E-state index contributed by atoms with van der Waals surface area (Å²) in [6.07, 6.45) is 4.43. The van der Waals surface area contributed by atoms with E-state index in [-0.39, 0.29) is 29.9 Å². The molecule has 1 aliphatic carbocycles. The Morgan fingerprint density at radius 3 is 2.76 bits per heavy atom. The highest BCUT2D eigenvalue weighted by Gasteiger charge is 2.24. The van der Waals surface area contributed by atoms with Gasteiger partial charge in [0.15, 0.2) is 0 Å². The van der Waals surface area contributed by atoms with Gasteiger partial charge in [-0.15, -0.1) is 0 Å². The van der Waals surface area contributed by atoms with Crippen LogP contribution in [0.1, 0.15) is 58.8 Å². The molecule has 6 nitrogen and oxygen atoms in total. The van der Waals surface area contributed by atoms with E-state index in [2.05, 4.69) is 15.3 Å². The number of carbonyl (C=O) groups excluding carboxylic acids is 1. The van der Waals surface area contributed by atoms with Crippen LogP contribution in [-0.4, -0.2) is 27.1 Å². The Balaban J connectivity index is 1.52. The lowest BCUT2D eigenvalue weighted by Gasteiger charge is -2.25. The van der Waals surface area contributed by atoms with Crippen LogP contribution < -0.4 is 11.1 Å². The Labute approximate surface area is 190 Å². The minimum atomic E-state index is -0.722. The van der Waals surface area contributed by atoms with Gasteiger partial charge in [0.05, 0.1) is 23.6 Å². The molecule has 0 saturated heterocycles. The molecule has 4 rings (SSSR count). The van der Waals surface area contributed by atoms with Gasteiger partial charge in [-0.2, -0.15) is 0 Å². The topological polar surface area (TPSA) is 101 Å². The molecule has 1 saturated carbocycles.